The number of rotatable bonds is 2. The van der Waals surface area contributed by atoms with Crippen LogP contribution in [0.5, 0.6) is 5.75 Å². The summed E-state index contributed by atoms with van der Waals surface area (Å²) in [6, 6.07) is 3.41. The van der Waals surface area contributed by atoms with Gasteiger partial charge >= 0.3 is 0 Å². The van der Waals surface area contributed by atoms with Crippen molar-refractivity contribution in [3.8, 4) is 5.75 Å². The second-order valence-corrected chi connectivity index (χ2v) is 2.09. The first kappa shape index (κ1) is 14.4. The molecule has 70 valence electrons. The Balaban J connectivity index is 0. The summed E-state index contributed by atoms with van der Waals surface area (Å²) in [4.78, 5) is 0. The highest BCUT2D eigenvalue weighted by Gasteiger charge is 1.97. The maximum Gasteiger partial charge on any atom is 0.210 e. The molecule has 0 aliphatic rings. The van der Waals surface area contributed by atoms with Crippen LogP contribution in [0.1, 0.15) is 0 Å². The summed E-state index contributed by atoms with van der Waals surface area (Å²) in [6.07, 6.45) is 3.51. The highest BCUT2D eigenvalue weighted by Crippen LogP contribution is 1.99. The van der Waals surface area contributed by atoms with Crippen LogP contribution in [0.3, 0.4) is 0 Å². The van der Waals surface area contributed by atoms with Crippen LogP contribution in [0.4, 0.5) is 0 Å². The Bertz CT molecular complexity index is 220. The van der Waals surface area contributed by atoms with Crippen molar-refractivity contribution in [2.24, 2.45) is 5.73 Å². The molecular formula is C7H12Br2N2O. The van der Waals surface area contributed by atoms with E-state index in [2.05, 4.69) is 0 Å². The maximum absolute atomic E-state index is 8.98. The van der Waals surface area contributed by atoms with Crippen LogP contribution in [0.25, 0.3) is 0 Å². The summed E-state index contributed by atoms with van der Waals surface area (Å²) >= 11 is 0. The van der Waals surface area contributed by atoms with Crippen molar-refractivity contribution in [1.82, 2.24) is 0 Å². The summed E-state index contributed by atoms with van der Waals surface area (Å²) in [7, 11) is 0. The maximum atomic E-state index is 8.98. The molecule has 5 heteroatoms. The molecular weight excluding hydrogens is 288 g/mol. The molecule has 0 saturated carbocycles. The van der Waals surface area contributed by atoms with Crippen LogP contribution in [0.15, 0.2) is 24.5 Å². The molecule has 1 aromatic heterocycles. The van der Waals surface area contributed by atoms with Gasteiger partial charge in [-0.05, 0) is 6.07 Å². The minimum absolute atomic E-state index is 0. The Morgan fingerprint density at radius 2 is 2.17 bits per heavy atom. The predicted molar refractivity (Wildman–Crippen MR) is 47.7 cm³/mol. The lowest BCUT2D eigenvalue weighted by molar-refractivity contribution is -0.694. The van der Waals surface area contributed by atoms with E-state index in [4.69, 9.17) is 10.8 Å². The van der Waals surface area contributed by atoms with Crippen molar-refractivity contribution in [1.29, 1.82) is 0 Å². The molecule has 3 nitrogen and oxygen atoms in total. The quantitative estimate of drug-likeness (QED) is 0.581. The molecule has 1 heterocycles. The number of pyridine rings is 1. The van der Waals surface area contributed by atoms with Crippen molar-refractivity contribution in [2.75, 3.05) is 6.54 Å². The largest absolute Gasteiger partial charge is 1.00 e. The van der Waals surface area contributed by atoms with Gasteiger partial charge in [-0.1, -0.05) is 0 Å². The topological polar surface area (TPSA) is 50.1 Å². The molecule has 0 unspecified atom stereocenters. The molecule has 0 fully saturated rings. The average Bonchev–Trinajstić information content (AvgIpc) is 1.88. The van der Waals surface area contributed by atoms with Gasteiger partial charge in [-0.15, -0.1) is 17.0 Å². The lowest BCUT2D eigenvalue weighted by Gasteiger charge is -1.92. The van der Waals surface area contributed by atoms with Crippen molar-refractivity contribution in [2.45, 2.75) is 6.54 Å². The fourth-order valence-corrected chi connectivity index (χ4v) is 0.796. The van der Waals surface area contributed by atoms with E-state index in [1.165, 1.54) is 0 Å². The van der Waals surface area contributed by atoms with E-state index in [0.29, 0.717) is 6.54 Å². The third kappa shape index (κ3) is 4.69. The highest BCUT2D eigenvalue weighted by molar-refractivity contribution is 8.93. The van der Waals surface area contributed by atoms with Crippen LogP contribution >= 0.6 is 17.0 Å². The molecule has 0 saturated heterocycles. The molecule has 0 atom stereocenters. The Hall–Kier alpha value is -0.130. The molecule has 3 N–H and O–H groups in total. The van der Waals surface area contributed by atoms with Crippen molar-refractivity contribution in [3.05, 3.63) is 24.5 Å². The number of halogens is 2. The zero-order valence-electron chi connectivity index (χ0n) is 6.48. The number of hydrogen-bond acceptors (Lipinski definition) is 2. The van der Waals surface area contributed by atoms with Crippen molar-refractivity contribution >= 4 is 17.0 Å². The zero-order chi connectivity index (χ0) is 7.40. The molecule has 0 aliphatic heterocycles. The first-order chi connectivity index (χ1) is 4.83. The van der Waals surface area contributed by atoms with Gasteiger partial charge in [-0.25, -0.2) is 4.57 Å². The SMILES string of the molecule is Br.NCC[n+]1cccc(O)c1.[Br-]. The van der Waals surface area contributed by atoms with Crippen molar-refractivity contribution in [3.63, 3.8) is 0 Å². The smallest absolute Gasteiger partial charge is 0.210 e. The molecule has 0 aromatic carbocycles. The number of nitrogens with two attached hydrogens (primary N) is 1. The van der Waals surface area contributed by atoms with Crippen LogP contribution in [-0.4, -0.2) is 11.7 Å². The average molecular weight is 300 g/mol. The third-order valence-corrected chi connectivity index (χ3v) is 1.23. The first-order valence-corrected chi connectivity index (χ1v) is 3.21. The molecule has 0 bridgehead atoms. The van der Waals surface area contributed by atoms with E-state index in [0.717, 1.165) is 6.54 Å². The van der Waals surface area contributed by atoms with Crippen molar-refractivity contribution < 1.29 is 26.7 Å². The van der Waals surface area contributed by atoms with Crippen LogP contribution in [-0.2, 0) is 6.54 Å². The molecule has 0 radical (unpaired) electrons. The monoisotopic (exact) mass is 298 g/mol. The first-order valence-electron chi connectivity index (χ1n) is 3.21. The summed E-state index contributed by atoms with van der Waals surface area (Å²) in [6.45, 7) is 1.34. The second-order valence-electron chi connectivity index (χ2n) is 2.09. The third-order valence-electron chi connectivity index (χ3n) is 1.23. The number of aromatic hydroxyl groups is 1. The van der Waals surface area contributed by atoms with E-state index in [-0.39, 0.29) is 39.7 Å². The summed E-state index contributed by atoms with van der Waals surface area (Å²) in [5.41, 5.74) is 5.31. The molecule has 0 spiro atoms. The molecule has 1 aromatic rings. The fourth-order valence-electron chi connectivity index (χ4n) is 0.796. The van der Waals surface area contributed by atoms with Gasteiger partial charge in [0.2, 0.25) is 6.20 Å². The second kappa shape index (κ2) is 7.52. The van der Waals surface area contributed by atoms with Gasteiger partial charge in [0.25, 0.3) is 0 Å². The molecule has 1 rings (SSSR count). The standard InChI is InChI=1S/C7H10N2O.2BrH/c8-3-5-9-4-1-2-7(10)6-9;;/h1-2,4,6H,3,5,8H2;2*1H. The number of hydrogen-bond donors (Lipinski definition) is 2. The predicted octanol–water partition coefficient (Wildman–Crippen LogP) is -2.78. The van der Waals surface area contributed by atoms with E-state index in [1.807, 2.05) is 10.8 Å². The van der Waals surface area contributed by atoms with E-state index < -0.39 is 0 Å². The Morgan fingerprint density at radius 3 is 2.67 bits per heavy atom. The van der Waals surface area contributed by atoms with Gasteiger partial charge in [0.15, 0.2) is 18.5 Å². The van der Waals surface area contributed by atoms with Gasteiger partial charge in [0.05, 0.1) is 6.54 Å². The number of nitrogens with zero attached hydrogens (tertiary/aromatic N) is 1. The summed E-state index contributed by atoms with van der Waals surface area (Å²) in [5, 5.41) is 8.98. The lowest BCUT2D eigenvalue weighted by Crippen LogP contribution is -3.00. The Kier molecular flexibility index (Phi) is 9.02. The highest BCUT2D eigenvalue weighted by atomic mass is 79.9. The lowest BCUT2D eigenvalue weighted by atomic mass is 10.4. The van der Waals surface area contributed by atoms with E-state index in [1.54, 1.807) is 18.3 Å². The van der Waals surface area contributed by atoms with Gasteiger partial charge < -0.3 is 27.8 Å². The fraction of sp³-hybridized carbons (Fsp3) is 0.286. The van der Waals surface area contributed by atoms with Gasteiger partial charge in [0.1, 0.15) is 0 Å². The van der Waals surface area contributed by atoms with Gasteiger partial charge in [0, 0.05) is 6.07 Å². The minimum atomic E-state index is 0. The number of aromatic nitrogens is 1. The van der Waals surface area contributed by atoms with Crippen LogP contribution < -0.4 is 27.3 Å². The Morgan fingerprint density at radius 1 is 1.50 bits per heavy atom. The normalized spacial score (nSPS) is 8.08. The van der Waals surface area contributed by atoms with Crippen LogP contribution in [0.2, 0.25) is 0 Å². The van der Waals surface area contributed by atoms with E-state index >= 15 is 0 Å². The van der Waals surface area contributed by atoms with Gasteiger partial charge in [-0.2, -0.15) is 0 Å². The molecule has 0 amide bonds. The van der Waals surface area contributed by atoms with Gasteiger partial charge in [-0.3, -0.25) is 0 Å². The van der Waals surface area contributed by atoms with E-state index in [9.17, 15) is 0 Å². The molecule has 0 aliphatic carbocycles. The summed E-state index contributed by atoms with van der Waals surface area (Å²) in [5.74, 6) is 0.274. The summed E-state index contributed by atoms with van der Waals surface area (Å²) < 4.78 is 1.84. The zero-order valence-corrected chi connectivity index (χ0v) is 9.78. The molecule has 12 heavy (non-hydrogen) atoms. The van der Waals surface area contributed by atoms with Crippen LogP contribution in [0, 0.1) is 0 Å². The Labute approximate surface area is 92.8 Å². The minimum Gasteiger partial charge on any atom is -1.00 e.